The predicted molar refractivity (Wildman–Crippen MR) is 117 cm³/mol. The minimum absolute atomic E-state index is 0.0504. The highest BCUT2D eigenvalue weighted by Crippen LogP contribution is 2.25. The van der Waals surface area contributed by atoms with E-state index in [9.17, 15) is 24.5 Å². The highest BCUT2D eigenvalue weighted by Gasteiger charge is 2.22. The molecule has 9 nitrogen and oxygen atoms in total. The molecule has 2 N–H and O–H groups in total. The summed E-state index contributed by atoms with van der Waals surface area (Å²) >= 11 is 5.79. The maximum Gasteiger partial charge on any atom is 0.288 e. The molecule has 0 saturated carbocycles. The number of nitro groups is 1. The molecule has 2 rings (SSSR count). The predicted octanol–water partition coefficient (Wildman–Crippen LogP) is 3.16. The van der Waals surface area contributed by atoms with Gasteiger partial charge in [-0.2, -0.15) is 0 Å². The van der Waals surface area contributed by atoms with Crippen LogP contribution in [0.2, 0.25) is 5.02 Å². The van der Waals surface area contributed by atoms with Gasteiger partial charge in [0.1, 0.15) is 5.02 Å². The summed E-state index contributed by atoms with van der Waals surface area (Å²) in [5, 5.41) is 16.1. The van der Waals surface area contributed by atoms with E-state index in [1.54, 1.807) is 12.1 Å². The average molecular weight is 447 g/mol. The second-order valence-electron chi connectivity index (χ2n) is 6.84. The van der Waals surface area contributed by atoms with Gasteiger partial charge in [-0.05, 0) is 37.6 Å². The van der Waals surface area contributed by atoms with Crippen molar-refractivity contribution >= 4 is 40.7 Å². The summed E-state index contributed by atoms with van der Waals surface area (Å²) in [7, 11) is 0. The van der Waals surface area contributed by atoms with Crippen molar-refractivity contribution < 1.29 is 19.3 Å². The van der Waals surface area contributed by atoms with Crippen LogP contribution in [-0.2, 0) is 9.59 Å². The number of aryl methyl sites for hydroxylation is 1. The number of hydrogen-bond acceptors (Lipinski definition) is 5. The van der Waals surface area contributed by atoms with Crippen LogP contribution < -0.4 is 10.6 Å². The van der Waals surface area contributed by atoms with E-state index >= 15 is 0 Å². The summed E-state index contributed by atoms with van der Waals surface area (Å²) < 4.78 is 0. The van der Waals surface area contributed by atoms with Crippen LogP contribution in [0, 0.1) is 17.0 Å². The van der Waals surface area contributed by atoms with Gasteiger partial charge in [0, 0.05) is 23.9 Å². The van der Waals surface area contributed by atoms with Gasteiger partial charge >= 0.3 is 0 Å². The Labute approximate surface area is 184 Å². The van der Waals surface area contributed by atoms with Gasteiger partial charge in [-0.15, -0.1) is 0 Å². The number of nitro benzene ring substituents is 1. The van der Waals surface area contributed by atoms with E-state index in [2.05, 4.69) is 10.6 Å². The Morgan fingerprint density at radius 3 is 2.39 bits per heavy atom. The van der Waals surface area contributed by atoms with Crippen LogP contribution in [0.3, 0.4) is 0 Å². The number of anilines is 1. The normalized spacial score (nSPS) is 10.3. The minimum atomic E-state index is -0.678. The summed E-state index contributed by atoms with van der Waals surface area (Å²) in [5.41, 5.74) is 1.32. The summed E-state index contributed by atoms with van der Waals surface area (Å²) in [6, 6.07) is 10.9. The van der Waals surface area contributed by atoms with Gasteiger partial charge in [0.05, 0.1) is 18.0 Å². The van der Waals surface area contributed by atoms with Crippen molar-refractivity contribution in [3.8, 4) is 0 Å². The van der Waals surface area contributed by atoms with Crippen molar-refractivity contribution in [1.29, 1.82) is 0 Å². The van der Waals surface area contributed by atoms with Crippen LogP contribution >= 0.6 is 11.6 Å². The van der Waals surface area contributed by atoms with Gasteiger partial charge in [0.2, 0.25) is 11.8 Å². The molecule has 0 atom stereocenters. The fourth-order valence-corrected chi connectivity index (χ4v) is 2.93. The van der Waals surface area contributed by atoms with Crippen molar-refractivity contribution in [2.75, 3.05) is 25.0 Å². The molecule has 2 aromatic rings. The molecule has 10 heteroatoms. The van der Waals surface area contributed by atoms with Crippen molar-refractivity contribution in [2.24, 2.45) is 0 Å². The van der Waals surface area contributed by atoms with Crippen LogP contribution in [0.15, 0.2) is 42.5 Å². The molecule has 0 unspecified atom stereocenters. The molecule has 0 aromatic heterocycles. The minimum Gasteiger partial charge on any atom is -0.345 e. The zero-order valence-corrected chi connectivity index (χ0v) is 17.9. The molecule has 0 radical (unpaired) electrons. The molecule has 0 saturated heterocycles. The Bertz CT molecular complexity index is 978. The third kappa shape index (κ3) is 7.07. The van der Waals surface area contributed by atoms with E-state index in [1.165, 1.54) is 17.0 Å². The largest absolute Gasteiger partial charge is 0.345 e. The third-order valence-electron chi connectivity index (χ3n) is 4.29. The van der Waals surface area contributed by atoms with Gasteiger partial charge in [-0.3, -0.25) is 24.5 Å². The lowest BCUT2D eigenvalue weighted by Crippen LogP contribution is -2.43. The van der Waals surface area contributed by atoms with E-state index < -0.39 is 22.6 Å². The number of nitrogens with one attached hydrogen (secondary N) is 2. The number of amides is 3. The summed E-state index contributed by atoms with van der Waals surface area (Å²) in [5.74, 6) is -1.47. The van der Waals surface area contributed by atoms with Gasteiger partial charge < -0.3 is 15.5 Å². The average Bonchev–Trinajstić information content (AvgIpc) is 2.73. The van der Waals surface area contributed by atoms with Crippen molar-refractivity contribution in [1.82, 2.24) is 10.2 Å². The molecule has 3 amide bonds. The van der Waals surface area contributed by atoms with Crippen LogP contribution in [0.1, 0.15) is 29.3 Å². The number of carbonyl (C=O) groups is 3. The maximum atomic E-state index is 12.8. The Balaban J connectivity index is 1.97. The number of nitrogens with zero attached hydrogens (tertiary/aromatic N) is 2. The van der Waals surface area contributed by atoms with Crippen LogP contribution in [0.4, 0.5) is 11.4 Å². The van der Waals surface area contributed by atoms with E-state index in [1.807, 2.05) is 26.0 Å². The number of carbonyl (C=O) groups excluding carboxylic acids is 3. The molecule has 31 heavy (non-hydrogen) atoms. The zero-order valence-electron chi connectivity index (χ0n) is 17.2. The topological polar surface area (TPSA) is 122 Å². The summed E-state index contributed by atoms with van der Waals surface area (Å²) in [4.78, 5) is 48.7. The molecule has 164 valence electrons. The summed E-state index contributed by atoms with van der Waals surface area (Å²) in [6.45, 7) is 3.47. The highest BCUT2D eigenvalue weighted by atomic mass is 35.5. The smallest absolute Gasteiger partial charge is 0.288 e. The fourth-order valence-electron chi connectivity index (χ4n) is 2.74. The SMILES string of the molecule is CCCN(CC(=O)NCC(=O)Nc1ccc(C)cc1)C(=O)c1ccc(Cl)c([N+](=O)[O-])c1. The first kappa shape index (κ1) is 23.8. The Kier molecular flexibility index (Phi) is 8.51. The van der Waals surface area contributed by atoms with Gasteiger partial charge in [0.15, 0.2) is 0 Å². The molecule has 0 aliphatic rings. The first-order valence-corrected chi connectivity index (χ1v) is 9.95. The summed E-state index contributed by atoms with van der Waals surface area (Å²) in [6.07, 6.45) is 0.572. The van der Waals surface area contributed by atoms with E-state index in [4.69, 9.17) is 11.6 Å². The monoisotopic (exact) mass is 446 g/mol. The number of halogens is 1. The maximum absolute atomic E-state index is 12.8. The first-order chi connectivity index (χ1) is 14.7. The fraction of sp³-hybridized carbons (Fsp3) is 0.286. The lowest BCUT2D eigenvalue weighted by atomic mass is 10.1. The lowest BCUT2D eigenvalue weighted by molar-refractivity contribution is -0.384. The third-order valence-corrected chi connectivity index (χ3v) is 4.61. The molecule has 0 heterocycles. The molecular weight excluding hydrogens is 424 g/mol. The second kappa shape index (κ2) is 11.1. The number of rotatable bonds is 9. The molecule has 0 aliphatic carbocycles. The van der Waals surface area contributed by atoms with Gasteiger partial charge in [-0.1, -0.05) is 36.2 Å². The van der Waals surface area contributed by atoms with Crippen molar-refractivity contribution in [2.45, 2.75) is 20.3 Å². The van der Waals surface area contributed by atoms with Crippen LogP contribution in [-0.4, -0.2) is 47.2 Å². The standard InChI is InChI=1S/C21H23ClN4O5/c1-3-10-25(21(29)15-6-9-17(22)18(11-15)26(30)31)13-20(28)23-12-19(27)24-16-7-4-14(2)5-8-16/h4-9,11H,3,10,12-13H2,1-2H3,(H,23,28)(H,24,27). The Morgan fingerprint density at radius 1 is 1.10 bits per heavy atom. The van der Waals surface area contributed by atoms with Crippen LogP contribution in [0.25, 0.3) is 0 Å². The lowest BCUT2D eigenvalue weighted by Gasteiger charge is -2.21. The van der Waals surface area contributed by atoms with Crippen molar-refractivity contribution in [3.05, 3.63) is 68.7 Å². The Morgan fingerprint density at radius 2 is 1.77 bits per heavy atom. The quantitative estimate of drug-likeness (QED) is 0.452. The van der Waals surface area contributed by atoms with Gasteiger partial charge in [0.25, 0.3) is 11.6 Å². The molecule has 2 aromatic carbocycles. The molecule has 0 aliphatic heterocycles. The second-order valence-corrected chi connectivity index (χ2v) is 7.25. The molecule has 0 fully saturated rings. The molecular formula is C21H23ClN4O5. The van der Waals surface area contributed by atoms with Gasteiger partial charge in [-0.25, -0.2) is 0 Å². The number of benzene rings is 2. The molecule has 0 spiro atoms. The van der Waals surface area contributed by atoms with E-state index in [0.29, 0.717) is 12.1 Å². The van der Waals surface area contributed by atoms with Crippen LogP contribution in [0.5, 0.6) is 0 Å². The first-order valence-electron chi connectivity index (χ1n) is 9.57. The van der Waals surface area contributed by atoms with Crippen molar-refractivity contribution in [3.63, 3.8) is 0 Å². The Hall–Kier alpha value is -3.46. The highest BCUT2D eigenvalue weighted by molar-refractivity contribution is 6.32. The van der Waals surface area contributed by atoms with E-state index in [-0.39, 0.29) is 35.9 Å². The van der Waals surface area contributed by atoms with E-state index in [0.717, 1.165) is 11.6 Å². The molecule has 0 bridgehead atoms. The zero-order chi connectivity index (χ0) is 23.0. The number of hydrogen-bond donors (Lipinski definition) is 2.